The minimum atomic E-state index is -1.08. The van der Waals surface area contributed by atoms with E-state index in [9.17, 15) is 0 Å². The molecule has 8 aliphatic rings. The molecule has 0 fully saturated rings. The first kappa shape index (κ1) is 37.6. The quantitative estimate of drug-likeness (QED) is 0.288. The Hall–Kier alpha value is 0.362. The van der Waals surface area contributed by atoms with Gasteiger partial charge in [-0.05, 0) is 0 Å². The van der Waals surface area contributed by atoms with Crippen LogP contribution in [0.15, 0.2) is 93.2 Å². The standard InChI is InChI=1S/4C9H11.2C2H7Si.2ClH.2Ti/c4*1-2-5-9-7-3-6-8(9)4-1;2*1-3-2;;;;/h4*3,6-7H,1-2,4-5H2;2*3H,1-2H3;2*1H;;/q;;;;;;;;2*+1/p-2. The van der Waals surface area contributed by atoms with E-state index in [1.807, 2.05) is 22.3 Å². The largest absolute Gasteiger partial charge is 1.00 e. The van der Waals surface area contributed by atoms with Crippen LogP contribution in [-0.2, 0) is 34.3 Å². The van der Waals surface area contributed by atoms with Gasteiger partial charge in [0, 0.05) is 0 Å². The fourth-order valence-electron chi connectivity index (χ4n) is 10.4. The van der Waals surface area contributed by atoms with Crippen LogP contribution in [0.1, 0.15) is 103 Å². The van der Waals surface area contributed by atoms with E-state index in [1.54, 1.807) is 22.3 Å². The molecule has 0 aliphatic heterocycles. The van der Waals surface area contributed by atoms with Gasteiger partial charge >= 0.3 is 287 Å². The van der Waals surface area contributed by atoms with Gasteiger partial charge in [0.2, 0.25) is 0 Å². The molecule has 0 saturated heterocycles. The third kappa shape index (κ3) is 7.66. The van der Waals surface area contributed by atoms with Crippen LogP contribution in [0.25, 0.3) is 0 Å². The van der Waals surface area contributed by atoms with Gasteiger partial charge in [-0.25, -0.2) is 0 Å². The molecule has 248 valence electrons. The summed E-state index contributed by atoms with van der Waals surface area (Å²) >= 11 is -2.17. The van der Waals surface area contributed by atoms with Gasteiger partial charge in [0.05, 0.1) is 0 Å². The Labute approximate surface area is 308 Å². The number of hydrogen-bond donors (Lipinski definition) is 0. The second kappa shape index (κ2) is 17.0. The van der Waals surface area contributed by atoms with Crippen LogP contribution in [0, 0.1) is 0 Å². The first-order chi connectivity index (χ1) is 21.5. The van der Waals surface area contributed by atoms with E-state index in [0.29, 0.717) is 0 Å². The maximum absolute atomic E-state index is 2.67. The van der Waals surface area contributed by atoms with Crippen LogP contribution < -0.4 is 24.8 Å². The fraction of sp³-hybridized carbons (Fsp3) is 0.600. The average molecular weight is 762 g/mol. The van der Waals surface area contributed by atoms with Crippen molar-refractivity contribution in [3.8, 4) is 0 Å². The minimum Gasteiger partial charge on any atom is -1.00 e. The molecule has 0 aromatic rings. The molecule has 0 aromatic carbocycles. The van der Waals surface area contributed by atoms with Gasteiger partial charge in [0.15, 0.2) is 0 Å². The number of halogens is 2. The topological polar surface area (TPSA) is 0 Å². The number of rotatable bonds is 6. The summed E-state index contributed by atoms with van der Waals surface area (Å²) in [5, 5.41) is 0. The molecule has 0 saturated carbocycles. The van der Waals surface area contributed by atoms with Gasteiger partial charge in [-0.3, -0.25) is 0 Å². The first-order valence-corrected chi connectivity index (χ1v) is 33.6. The molecule has 0 radical (unpaired) electrons. The van der Waals surface area contributed by atoms with Crippen LogP contribution in [0.5, 0.6) is 0 Å². The number of hydrogen-bond acceptors (Lipinski definition) is 0. The summed E-state index contributed by atoms with van der Waals surface area (Å²) in [4.78, 5) is 0. The van der Waals surface area contributed by atoms with E-state index in [1.165, 1.54) is 103 Å². The van der Waals surface area contributed by atoms with E-state index < -0.39 is 47.6 Å². The first-order valence-electron chi connectivity index (χ1n) is 18.8. The second-order valence-electron chi connectivity index (χ2n) is 15.7. The van der Waals surface area contributed by atoms with Gasteiger partial charge < -0.3 is 24.8 Å². The summed E-state index contributed by atoms with van der Waals surface area (Å²) in [6, 6.07) is 0. The number of allylic oxidation sites excluding steroid dienone is 16. The van der Waals surface area contributed by atoms with Gasteiger partial charge in [0.25, 0.3) is 0 Å². The molecule has 0 bridgehead atoms. The normalized spacial score (nSPS) is 29.0. The predicted octanol–water partition coefficient (Wildman–Crippen LogP) is 6.10. The molecular formula is C40H58Cl2Si2Ti2. The molecule has 4 unspecified atom stereocenters. The second-order valence-corrected chi connectivity index (χ2v) is 43.6. The molecule has 8 rings (SSSR count). The van der Waals surface area contributed by atoms with Crippen molar-refractivity contribution in [3.63, 3.8) is 0 Å². The molecule has 0 spiro atoms. The monoisotopic (exact) mass is 760 g/mol. The van der Waals surface area contributed by atoms with E-state index in [2.05, 4.69) is 74.8 Å². The van der Waals surface area contributed by atoms with Gasteiger partial charge in [-0.15, -0.1) is 0 Å². The molecule has 4 atom stereocenters. The van der Waals surface area contributed by atoms with E-state index in [4.69, 9.17) is 0 Å². The third-order valence-electron chi connectivity index (χ3n) is 12.4. The van der Waals surface area contributed by atoms with Crippen molar-refractivity contribution in [1.82, 2.24) is 0 Å². The molecule has 0 amide bonds. The zero-order valence-corrected chi connectivity index (χ0v) is 36.1. The molecule has 8 aliphatic carbocycles. The van der Waals surface area contributed by atoms with Crippen LogP contribution in [0.4, 0.5) is 0 Å². The maximum atomic E-state index is 2.67. The van der Waals surface area contributed by atoms with Crippen LogP contribution in [0.2, 0.25) is 43.1 Å². The van der Waals surface area contributed by atoms with Crippen molar-refractivity contribution in [2.45, 2.75) is 146 Å². The van der Waals surface area contributed by atoms with Crippen molar-refractivity contribution in [3.05, 3.63) is 93.2 Å². The Kier molecular flexibility index (Phi) is 13.9. The summed E-state index contributed by atoms with van der Waals surface area (Å²) < 4.78 is 3.80. The summed E-state index contributed by atoms with van der Waals surface area (Å²) in [6.45, 7) is 9.61. The molecular weight excluding hydrogens is 703 g/mol. The Morgan fingerprint density at radius 3 is 0.826 bits per heavy atom. The predicted molar refractivity (Wildman–Crippen MR) is 191 cm³/mol. The minimum absolute atomic E-state index is 0. The zero-order valence-electron chi connectivity index (χ0n) is 29.2. The summed E-state index contributed by atoms with van der Waals surface area (Å²) in [6.07, 6.45) is 43.6. The third-order valence-corrected chi connectivity index (χ3v) is 41.4. The molecule has 46 heavy (non-hydrogen) atoms. The Morgan fingerprint density at radius 1 is 0.391 bits per heavy atom. The molecule has 0 aromatic heterocycles. The summed E-state index contributed by atoms with van der Waals surface area (Å²) in [5.41, 5.74) is 14.7. The van der Waals surface area contributed by atoms with Crippen molar-refractivity contribution >= 4 is 13.3 Å². The molecule has 0 nitrogen and oxygen atoms in total. The van der Waals surface area contributed by atoms with E-state index >= 15 is 0 Å². The Balaban J connectivity index is 0.000000174. The van der Waals surface area contributed by atoms with Crippen molar-refractivity contribution in [1.29, 1.82) is 0 Å². The van der Waals surface area contributed by atoms with Gasteiger partial charge in [-0.2, -0.15) is 0 Å². The van der Waals surface area contributed by atoms with Gasteiger partial charge in [-0.1, -0.05) is 0 Å². The molecule has 6 heteroatoms. The van der Waals surface area contributed by atoms with Crippen LogP contribution in [0.3, 0.4) is 0 Å². The van der Waals surface area contributed by atoms with Gasteiger partial charge in [0.1, 0.15) is 0 Å². The van der Waals surface area contributed by atoms with E-state index in [-0.39, 0.29) is 24.8 Å². The van der Waals surface area contributed by atoms with E-state index in [0.717, 1.165) is 16.9 Å². The fourth-order valence-corrected chi connectivity index (χ4v) is 39.6. The van der Waals surface area contributed by atoms with Crippen molar-refractivity contribution in [2.24, 2.45) is 0 Å². The maximum Gasteiger partial charge on any atom is -1.00 e. The molecule has 0 heterocycles. The van der Waals surface area contributed by atoms with Crippen LogP contribution in [-0.4, -0.2) is 13.3 Å². The smallest absolute Gasteiger partial charge is 1.00 e. The SMILES string of the molecule is C[SiH](C)[Ti+]([CH]1C=CC2=C1CCCC2)[CH]1C=CC2=C1CCCC2.C[SiH](C)[Ti+]([CH]1C=CC2=C1CCCC2)[CH]1C=CC2=C1CCCC2.[Cl-].[Cl-]. The van der Waals surface area contributed by atoms with Crippen LogP contribution >= 0.6 is 0 Å². The Morgan fingerprint density at radius 2 is 0.609 bits per heavy atom. The zero-order chi connectivity index (χ0) is 30.2. The summed E-state index contributed by atoms with van der Waals surface area (Å²) in [5.74, 6) is 0. The average Bonchev–Trinajstić information content (AvgIpc) is 3.84. The molecule has 0 N–H and O–H groups in total. The van der Waals surface area contributed by atoms with Crippen molar-refractivity contribution in [2.75, 3.05) is 0 Å². The van der Waals surface area contributed by atoms with Crippen molar-refractivity contribution < 1.29 is 59.1 Å². The summed E-state index contributed by atoms with van der Waals surface area (Å²) in [7, 11) is 0. The Bertz CT molecular complexity index is 1180.